The standard InChI is InChI=1S/C12H15FO3/c1-2-12(14)16-8-7-15-9-10-3-5-11(13)6-4-10/h3-6H,2,7-9H2,1H3. The lowest BCUT2D eigenvalue weighted by Gasteiger charge is -2.05. The molecule has 3 nitrogen and oxygen atoms in total. The maximum Gasteiger partial charge on any atom is 0.305 e. The first-order valence-corrected chi connectivity index (χ1v) is 5.20. The molecule has 0 saturated carbocycles. The molecule has 16 heavy (non-hydrogen) atoms. The Balaban J connectivity index is 2.11. The molecule has 0 aromatic heterocycles. The molecule has 0 N–H and O–H groups in total. The van der Waals surface area contributed by atoms with Crippen LogP contribution in [0.1, 0.15) is 18.9 Å². The molecule has 0 saturated heterocycles. The van der Waals surface area contributed by atoms with Gasteiger partial charge in [-0.15, -0.1) is 0 Å². The molecule has 88 valence electrons. The largest absolute Gasteiger partial charge is 0.463 e. The average molecular weight is 226 g/mol. The van der Waals surface area contributed by atoms with Gasteiger partial charge in [-0.05, 0) is 17.7 Å². The van der Waals surface area contributed by atoms with Gasteiger partial charge < -0.3 is 9.47 Å². The van der Waals surface area contributed by atoms with E-state index in [0.29, 0.717) is 19.6 Å². The zero-order valence-electron chi connectivity index (χ0n) is 9.24. The van der Waals surface area contributed by atoms with Gasteiger partial charge in [-0.2, -0.15) is 0 Å². The van der Waals surface area contributed by atoms with E-state index in [2.05, 4.69) is 0 Å². The van der Waals surface area contributed by atoms with Gasteiger partial charge >= 0.3 is 5.97 Å². The summed E-state index contributed by atoms with van der Waals surface area (Å²) in [7, 11) is 0. The third-order valence-corrected chi connectivity index (χ3v) is 1.96. The molecule has 0 radical (unpaired) electrons. The number of rotatable bonds is 6. The van der Waals surface area contributed by atoms with Gasteiger partial charge in [0.1, 0.15) is 12.4 Å². The first-order valence-electron chi connectivity index (χ1n) is 5.20. The molecule has 0 atom stereocenters. The normalized spacial score (nSPS) is 10.1. The third kappa shape index (κ3) is 4.89. The van der Waals surface area contributed by atoms with E-state index in [4.69, 9.17) is 9.47 Å². The number of carbonyl (C=O) groups excluding carboxylic acids is 1. The number of esters is 1. The van der Waals surface area contributed by atoms with E-state index < -0.39 is 0 Å². The first-order chi connectivity index (χ1) is 7.72. The van der Waals surface area contributed by atoms with Crippen molar-refractivity contribution in [1.29, 1.82) is 0 Å². The van der Waals surface area contributed by atoms with Crippen molar-refractivity contribution >= 4 is 5.97 Å². The van der Waals surface area contributed by atoms with Crippen molar-refractivity contribution in [2.45, 2.75) is 20.0 Å². The molecule has 0 spiro atoms. The number of carbonyl (C=O) groups is 1. The Morgan fingerprint density at radius 3 is 2.56 bits per heavy atom. The minimum atomic E-state index is -0.263. The maximum absolute atomic E-state index is 12.6. The van der Waals surface area contributed by atoms with E-state index in [1.54, 1.807) is 19.1 Å². The average Bonchev–Trinajstić information content (AvgIpc) is 2.31. The summed E-state index contributed by atoms with van der Waals surface area (Å²) in [6.45, 7) is 2.74. The Morgan fingerprint density at radius 1 is 1.25 bits per heavy atom. The number of benzene rings is 1. The fourth-order valence-corrected chi connectivity index (χ4v) is 1.09. The summed E-state index contributed by atoms with van der Waals surface area (Å²) < 4.78 is 22.6. The molecule has 1 aromatic rings. The molecule has 0 unspecified atom stereocenters. The van der Waals surface area contributed by atoms with Crippen LogP contribution in [0.15, 0.2) is 24.3 Å². The summed E-state index contributed by atoms with van der Waals surface area (Å²) in [5.74, 6) is -0.494. The van der Waals surface area contributed by atoms with E-state index in [1.807, 2.05) is 0 Å². The summed E-state index contributed by atoms with van der Waals surface area (Å²) in [4.78, 5) is 10.8. The van der Waals surface area contributed by atoms with Gasteiger partial charge in [0.05, 0.1) is 13.2 Å². The molecule has 4 heteroatoms. The van der Waals surface area contributed by atoms with E-state index in [1.165, 1.54) is 12.1 Å². The van der Waals surface area contributed by atoms with Gasteiger partial charge in [-0.25, -0.2) is 4.39 Å². The van der Waals surface area contributed by atoms with Gasteiger partial charge in [0.25, 0.3) is 0 Å². The number of hydrogen-bond donors (Lipinski definition) is 0. The van der Waals surface area contributed by atoms with E-state index in [-0.39, 0.29) is 18.4 Å². The second-order valence-electron chi connectivity index (χ2n) is 3.25. The Kier molecular flexibility index (Phi) is 5.50. The van der Waals surface area contributed by atoms with Crippen LogP contribution in [0, 0.1) is 5.82 Å². The van der Waals surface area contributed by atoms with Crippen LogP contribution in [0.3, 0.4) is 0 Å². The van der Waals surface area contributed by atoms with Crippen molar-refractivity contribution in [2.75, 3.05) is 13.2 Å². The molecule has 0 heterocycles. The van der Waals surface area contributed by atoms with Crippen LogP contribution in [0.25, 0.3) is 0 Å². The van der Waals surface area contributed by atoms with Crippen molar-refractivity contribution in [3.05, 3.63) is 35.6 Å². The predicted molar refractivity (Wildman–Crippen MR) is 57.3 cm³/mol. The van der Waals surface area contributed by atoms with Gasteiger partial charge in [-0.1, -0.05) is 19.1 Å². The first kappa shape index (κ1) is 12.6. The zero-order valence-corrected chi connectivity index (χ0v) is 9.24. The molecule has 1 rings (SSSR count). The minimum absolute atomic E-state index is 0.231. The predicted octanol–water partition coefficient (Wildman–Crippen LogP) is 2.30. The molecule has 0 fully saturated rings. The molecule has 0 aliphatic rings. The Bertz CT molecular complexity index is 322. The summed E-state index contributed by atoms with van der Waals surface area (Å²) in [6, 6.07) is 6.09. The summed E-state index contributed by atoms with van der Waals surface area (Å²) in [6.07, 6.45) is 0.373. The van der Waals surface area contributed by atoms with Crippen molar-refractivity contribution < 1.29 is 18.7 Å². The number of ether oxygens (including phenoxy) is 2. The van der Waals surface area contributed by atoms with Crippen molar-refractivity contribution in [3.63, 3.8) is 0 Å². The molecular formula is C12H15FO3. The van der Waals surface area contributed by atoms with Crippen LogP contribution in [0.5, 0.6) is 0 Å². The molecule has 0 bridgehead atoms. The third-order valence-electron chi connectivity index (χ3n) is 1.96. The van der Waals surface area contributed by atoms with Crippen LogP contribution in [-0.2, 0) is 20.9 Å². The lowest BCUT2D eigenvalue weighted by atomic mass is 10.2. The van der Waals surface area contributed by atoms with Gasteiger partial charge in [0, 0.05) is 6.42 Å². The summed E-state index contributed by atoms with van der Waals surface area (Å²) in [5.41, 5.74) is 0.892. The fraction of sp³-hybridized carbons (Fsp3) is 0.417. The van der Waals surface area contributed by atoms with E-state index in [9.17, 15) is 9.18 Å². The highest BCUT2D eigenvalue weighted by Crippen LogP contribution is 2.03. The van der Waals surface area contributed by atoms with Crippen LogP contribution < -0.4 is 0 Å². The highest BCUT2D eigenvalue weighted by atomic mass is 19.1. The lowest BCUT2D eigenvalue weighted by Crippen LogP contribution is -2.09. The van der Waals surface area contributed by atoms with Gasteiger partial charge in [0.15, 0.2) is 0 Å². The summed E-state index contributed by atoms with van der Waals surface area (Å²) >= 11 is 0. The lowest BCUT2D eigenvalue weighted by molar-refractivity contribution is -0.144. The van der Waals surface area contributed by atoms with Crippen LogP contribution >= 0.6 is 0 Å². The Morgan fingerprint density at radius 2 is 1.94 bits per heavy atom. The molecular weight excluding hydrogens is 211 g/mol. The van der Waals surface area contributed by atoms with Crippen LogP contribution in [0.4, 0.5) is 4.39 Å². The second kappa shape index (κ2) is 6.95. The number of halogens is 1. The van der Waals surface area contributed by atoms with Crippen molar-refractivity contribution in [1.82, 2.24) is 0 Å². The highest BCUT2D eigenvalue weighted by Gasteiger charge is 1.98. The Hall–Kier alpha value is -1.42. The zero-order chi connectivity index (χ0) is 11.8. The number of hydrogen-bond acceptors (Lipinski definition) is 3. The maximum atomic E-state index is 12.6. The molecule has 0 amide bonds. The van der Waals surface area contributed by atoms with Crippen molar-refractivity contribution in [3.8, 4) is 0 Å². The van der Waals surface area contributed by atoms with Gasteiger partial charge in [0.2, 0.25) is 0 Å². The smallest absolute Gasteiger partial charge is 0.305 e. The Labute approximate surface area is 94.2 Å². The fourth-order valence-electron chi connectivity index (χ4n) is 1.09. The molecule has 1 aromatic carbocycles. The van der Waals surface area contributed by atoms with Crippen molar-refractivity contribution in [2.24, 2.45) is 0 Å². The molecule has 0 aliphatic carbocycles. The van der Waals surface area contributed by atoms with Crippen LogP contribution in [0.2, 0.25) is 0 Å². The monoisotopic (exact) mass is 226 g/mol. The second-order valence-corrected chi connectivity index (χ2v) is 3.25. The topological polar surface area (TPSA) is 35.5 Å². The van der Waals surface area contributed by atoms with E-state index in [0.717, 1.165) is 5.56 Å². The highest BCUT2D eigenvalue weighted by molar-refractivity contribution is 5.68. The van der Waals surface area contributed by atoms with Gasteiger partial charge in [-0.3, -0.25) is 4.79 Å². The minimum Gasteiger partial charge on any atom is -0.463 e. The summed E-state index contributed by atoms with van der Waals surface area (Å²) in [5, 5.41) is 0. The SMILES string of the molecule is CCC(=O)OCCOCc1ccc(F)cc1. The molecule has 0 aliphatic heterocycles. The quantitative estimate of drug-likeness (QED) is 0.551. The van der Waals surface area contributed by atoms with Crippen LogP contribution in [-0.4, -0.2) is 19.2 Å². The van der Waals surface area contributed by atoms with E-state index >= 15 is 0 Å².